The lowest BCUT2D eigenvalue weighted by Crippen LogP contribution is -2.34. The van der Waals surface area contributed by atoms with Crippen LogP contribution in [-0.4, -0.2) is 32.1 Å². The highest BCUT2D eigenvalue weighted by molar-refractivity contribution is 6.34. The summed E-state index contributed by atoms with van der Waals surface area (Å²) in [5.41, 5.74) is 0.546. The number of nitrogens with one attached hydrogen (secondary N) is 1. The van der Waals surface area contributed by atoms with E-state index in [0.29, 0.717) is 35.3 Å². The Labute approximate surface area is 123 Å². The highest BCUT2D eigenvalue weighted by atomic mass is 35.5. The molecule has 108 valence electrons. The standard InChI is InChI=1S/C15H18ClNO3/c16-12-8-14-13(19-5-2-6-20-14)7-11(12)15(18)10-3-1-4-17-9-10/h7-8,10,17H,1-6,9H2. The van der Waals surface area contributed by atoms with E-state index in [-0.39, 0.29) is 11.7 Å². The summed E-state index contributed by atoms with van der Waals surface area (Å²) in [5.74, 6) is 1.36. The van der Waals surface area contributed by atoms with Crippen molar-refractivity contribution in [2.45, 2.75) is 19.3 Å². The topological polar surface area (TPSA) is 47.6 Å². The number of ketones is 1. The molecule has 20 heavy (non-hydrogen) atoms. The summed E-state index contributed by atoms with van der Waals surface area (Å²) < 4.78 is 11.2. The fraction of sp³-hybridized carbons (Fsp3) is 0.533. The Bertz CT molecular complexity index is 512. The SMILES string of the molecule is O=C(c1cc2c(cc1Cl)OCCCO2)C1CCCNC1. The quantitative estimate of drug-likeness (QED) is 0.852. The molecule has 1 N–H and O–H groups in total. The number of halogens is 1. The Hall–Kier alpha value is -1.26. The third-order valence-electron chi connectivity index (χ3n) is 3.77. The van der Waals surface area contributed by atoms with E-state index in [1.54, 1.807) is 12.1 Å². The van der Waals surface area contributed by atoms with E-state index in [0.717, 1.165) is 32.4 Å². The van der Waals surface area contributed by atoms with Gasteiger partial charge in [0.2, 0.25) is 0 Å². The molecule has 1 saturated heterocycles. The van der Waals surface area contributed by atoms with Crippen LogP contribution in [0.5, 0.6) is 11.5 Å². The van der Waals surface area contributed by atoms with Gasteiger partial charge < -0.3 is 14.8 Å². The maximum Gasteiger partial charge on any atom is 0.168 e. The molecule has 4 nitrogen and oxygen atoms in total. The average Bonchev–Trinajstić information content (AvgIpc) is 2.71. The molecule has 0 bridgehead atoms. The van der Waals surface area contributed by atoms with Crippen molar-refractivity contribution in [3.63, 3.8) is 0 Å². The molecule has 0 spiro atoms. The first-order valence-corrected chi connectivity index (χ1v) is 7.47. The van der Waals surface area contributed by atoms with Crippen molar-refractivity contribution in [1.29, 1.82) is 0 Å². The van der Waals surface area contributed by atoms with Crippen molar-refractivity contribution in [3.05, 3.63) is 22.7 Å². The first-order chi connectivity index (χ1) is 9.75. The number of ether oxygens (including phenoxy) is 2. The van der Waals surface area contributed by atoms with Gasteiger partial charge in [0.15, 0.2) is 17.3 Å². The Balaban J connectivity index is 1.88. The fourth-order valence-corrected chi connectivity index (χ4v) is 2.92. The van der Waals surface area contributed by atoms with Gasteiger partial charge in [-0.25, -0.2) is 0 Å². The number of benzene rings is 1. The van der Waals surface area contributed by atoms with E-state index in [2.05, 4.69) is 5.32 Å². The van der Waals surface area contributed by atoms with Crippen LogP contribution < -0.4 is 14.8 Å². The van der Waals surface area contributed by atoms with Crippen LogP contribution in [0.25, 0.3) is 0 Å². The molecule has 0 saturated carbocycles. The molecule has 5 heteroatoms. The normalized spacial score (nSPS) is 22.1. The maximum atomic E-state index is 12.6. The number of carbonyl (C=O) groups excluding carboxylic acids is 1. The molecule has 1 aromatic rings. The van der Waals surface area contributed by atoms with Gasteiger partial charge >= 0.3 is 0 Å². The molecule has 0 aromatic heterocycles. The molecule has 0 amide bonds. The van der Waals surface area contributed by atoms with Crippen LogP contribution >= 0.6 is 11.6 Å². The van der Waals surface area contributed by atoms with Crippen LogP contribution in [0.2, 0.25) is 5.02 Å². The number of hydrogen-bond donors (Lipinski definition) is 1. The van der Waals surface area contributed by atoms with E-state index in [1.807, 2.05) is 0 Å². The summed E-state index contributed by atoms with van der Waals surface area (Å²) >= 11 is 6.25. The van der Waals surface area contributed by atoms with Gasteiger partial charge in [-0.05, 0) is 25.5 Å². The van der Waals surface area contributed by atoms with Gasteiger partial charge in [-0.2, -0.15) is 0 Å². The lowest BCUT2D eigenvalue weighted by Gasteiger charge is -2.22. The number of carbonyl (C=O) groups is 1. The molecule has 0 aliphatic carbocycles. The van der Waals surface area contributed by atoms with Gasteiger partial charge in [-0.3, -0.25) is 4.79 Å². The van der Waals surface area contributed by atoms with Gasteiger partial charge in [-0.15, -0.1) is 0 Å². The van der Waals surface area contributed by atoms with E-state index in [4.69, 9.17) is 21.1 Å². The molecule has 1 atom stereocenters. The number of Topliss-reactive ketones (excluding diaryl/α,β-unsaturated/α-hetero) is 1. The summed E-state index contributed by atoms with van der Waals surface area (Å²) in [4.78, 5) is 12.6. The first-order valence-electron chi connectivity index (χ1n) is 7.10. The van der Waals surface area contributed by atoms with Gasteiger partial charge in [0.05, 0.1) is 18.2 Å². The second kappa shape index (κ2) is 6.02. The molecule has 1 aromatic carbocycles. The fourth-order valence-electron chi connectivity index (χ4n) is 2.67. The Morgan fingerprint density at radius 1 is 1.20 bits per heavy atom. The van der Waals surface area contributed by atoms with Gasteiger partial charge in [-0.1, -0.05) is 11.6 Å². The molecular weight excluding hydrogens is 278 g/mol. The second-order valence-corrected chi connectivity index (χ2v) is 5.64. The number of rotatable bonds is 2. The van der Waals surface area contributed by atoms with Gasteiger partial charge in [0, 0.05) is 30.5 Å². The first kappa shape index (κ1) is 13.7. The Kier molecular flexibility index (Phi) is 4.13. The van der Waals surface area contributed by atoms with E-state index in [9.17, 15) is 4.79 Å². The smallest absolute Gasteiger partial charge is 0.168 e. The highest BCUT2D eigenvalue weighted by Crippen LogP contribution is 2.36. The van der Waals surface area contributed by atoms with Gasteiger partial charge in [0.25, 0.3) is 0 Å². The molecule has 1 fully saturated rings. The molecule has 2 heterocycles. The zero-order valence-corrected chi connectivity index (χ0v) is 12.0. The van der Waals surface area contributed by atoms with Crippen LogP contribution in [-0.2, 0) is 0 Å². The van der Waals surface area contributed by atoms with Gasteiger partial charge in [0.1, 0.15) is 0 Å². The van der Waals surface area contributed by atoms with Crippen molar-refractivity contribution < 1.29 is 14.3 Å². The average molecular weight is 296 g/mol. The highest BCUT2D eigenvalue weighted by Gasteiger charge is 2.26. The summed E-state index contributed by atoms with van der Waals surface area (Å²) in [5, 5.41) is 3.71. The largest absolute Gasteiger partial charge is 0.490 e. The van der Waals surface area contributed by atoms with Crippen molar-refractivity contribution in [2.75, 3.05) is 26.3 Å². The zero-order valence-electron chi connectivity index (χ0n) is 11.3. The zero-order chi connectivity index (χ0) is 13.9. The summed E-state index contributed by atoms with van der Waals surface area (Å²) in [6.45, 7) is 2.93. The predicted molar refractivity (Wildman–Crippen MR) is 77.0 cm³/mol. The summed E-state index contributed by atoms with van der Waals surface area (Å²) in [6, 6.07) is 3.44. The molecule has 1 unspecified atom stereocenters. The number of fused-ring (bicyclic) bond motifs is 1. The van der Waals surface area contributed by atoms with Crippen LogP contribution in [0, 0.1) is 5.92 Å². The molecule has 3 rings (SSSR count). The molecule has 2 aliphatic heterocycles. The summed E-state index contributed by atoms with van der Waals surface area (Å²) in [7, 11) is 0. The minimum absolute atomic E-state index is 0.00555. The van der Waals surface area contributed by atoms with E-state index in [1.165, 1.54) is 0 Å². The Morgan fingerprint density at radius 3 is 2.65 bits per heavy atom. The summed E-state index contributed by atoms with van der Waals surface area (Å²) in [6.07, 6.45) is 2.78. The van der Waals surface area contributed by atoms with Crippen LogP contribution in [0.4, 0.5) is 0 Å². The van der Waals surface area contributed by atoms with E-state index < -0.39 is 0 Å². The number of hydrogen-bond acceptors (Lipinski definition) is 4. The third-order valence-corrected chi connectivity index (χ3v) is 4.08. The molecular formula is C15H18ClNO3. The minimum Gasteiger partial charge on any atom is -0.490 e. The monoisotopic (exact) mass is 295 g/mol. The molecule has 0 radical (unpaired) electrons. The maximum absolute atomic E-state index is 12.6. The third kappa shape index (κ3) is 2.76. The Morgan fingerprint density at radius 2 is 1.95 bits per heavy atom. The molecule has 2 aliphatic rings. The lowest BCUT2D eigenvalue weighted by molar-refractivity contribution is 0.0899. The minimum atomic E-state index is 0.00555. The predicted octanol–water partition coefficient (Wildman–Crippen LogP) is 2.68. The van der Waals surface area contributed by atoms with Crippen molar-refractivity contribution in [1.82, 2.24) is 5.32 Å². The van der Waals surface area contributed by atoms with Crippen LogP contribution in [0.3, 0.4) is 0 Å². The lowest BCUT2D eigenvalue weighted by atomic mass is 9.91. The van der Waals surface area contributed by atoms with Crippen LogP contribution in [0.15, 0.2) is 12.1 Å². The number of piperidine rings is 1. The van der Waals surface area contributed by atoms with Crippen molar-refractivity contribution in [2.24, 2.45) is 5.92 Å². The van der Waals surface area contributed by atoms with Crippen molar-refractivity contribution in [3.8, 4) is 11.5 Å². The van der Waals surface area contributed by atoms with Crippen LogP contribution in [0.1, 0.15) is 29.6 Å². The van der Waals surface area contributed by atoms with E-state index >= 15 is 0 Å². The second-order valence-electron chi connectivity index (χ2n) is 5.24. The van der Waals surface area contributed by atoms with Crippen molar-refractivity contribution >= 4 is 17.4 Å².